The van der Waals surface area contributed by atoms with Gasteiger partial charge in [-0.05, 0) is 30.7 Å². The molecule has 2 aromatic carbocycles. The summed E-state index contributed by atoms with van der Waals surface area (Å²) in [5.74, 6) is -0.513. The Kier molecular flexibility index (Phi) is 4.48. The largest absolute Gasteiger partial charge is 0.466 e. The molecular weight excluding hydrogens is 406 g/mol. The molecule has 7 heteroatoms. The van der Waals surface area contributed by atoms with Crippen LogP contribution in [0, 0.1) is 0 Å². The van der Waals surface area contributed by atoms with Crippen LogP contribution in [0.5, 0.6) is 0 Å². The second kappa shape index (κ2) is 7.23. The van der Waals surface area contributed by atoms with E-state index in [9.17, 15) is 14.4 Å². The molecule has 0 saturated carbocycles. The molecule has 1 fully saturated rings. The number of carbonyl (C=O) groups excluding carboxylic acids is 3. The summed E-state index contributed by atoms with van der Waals surface area (Å²) < 4.78 is 7.33. The quantitative estimate of drug-likeness (QED) is 0.384. The van der Waals surface area contributed by atoms with Gasteiger partial charge in [0.15, 0.2) is 11.3 Å². The molecule has 1 aliphatic rings. The van der Waals surface area contributed by atoms with E-state index >= 15 is 0 Å². The number of Topliss-reactive ketones (excluding diaryl/α,β-unsaturated/α-hetero) is 1. The van der Waals surface area contributed by atoms with Crippen molar-refractivity contribution in [3.63, 3.8) is 0 Å². The maximum Gasteiger partial charge on any atom is 0.325 e. The van der Waals surface area contributed by atoms with Crippen molar-refractivity contribution in [1.82, 2.24) is 14.8 Å². The van der Waals surface area contributed by atoms with Gasteiger partial charge in [-0.25, -0.2) is 4.79 Å². The van der Waals surface area contributed by atoms with Crippen LogP contribution in [0.1, 0.15) is 23.0 Å². The van der Waals surface area contributed by atoms with Crippen LogP contribution in [0.4, 0.5) is 4.79 Å². The van der Waals surface area contributed by atoms with Gasteiger partial charge in [-0.2, -0.15) is 0 Å². The van der Waals surface area contributed by atoms with Crippen molar-refractivity contribution in [3.05, 3.63) is 84.3 Å². The zero-order chi connectivity index (χ0) is 22.5. The standard InChI is InChI=1S/C25H21N3O4/c1-25(20-13-8-14-32-20)23(30)28(24(31)26-25)15-19(29)21-17-11-6-7-12-18(17)27(2)22(21)16-9-4-3-5-10-16/h3-14H,15H2,1-2H3,(H,26,31). The number of hydrogen-bond acceptors (Lipinski definition) is 4. The number of amides is 3. The smallest absolute Gasteiger partial charge is 0.325 e. The van der Waals surface area contributed by atoms with E-state index in [1.807, 2.05) is 66.2 Å². The van der Waals surface area contributed by atoms with Gasteiger partial charge in [-0.15, -0.1) is 0 Å². The first-order valence-corrected chi connectivity index (χ1v) is 10.3. The summed E-state index contributed by atoms with van der Waals surface area (Å²) in [6, 6.07) is 19.9. The number of fused-ring (bicyclic) bond motifs is 1. The number of aromatic nitrogens is 1. The zero-order valence-electron chi connectivity index (χ0n) is 17.7. The van der Waals surface area contributed by atoms with E-state index in [0.717, 1.165) is 27.1 Å². The number of urea groups is 1. The lowest BCUT2D eigenvalue weighted by Gasteiger charge is -2.19. The van der Waals surface area contributed by atoms with E-state index in [0.29, 0.717) is 11.3 Å². The van der Waals surface area contributed by atoms with Crippen molar-refractivity contribution in [2.75, 3.05) is 6.54 Å². The highest BCUT2D eigenvalue weighted by Crippen LogP contribution is 2.34. The van der Waals surface area contributed by atoms with Gasteiger partial charge in [0, 0.05) is 18.0 Å². The zero-order valence-corrected chi connectivity index (χ0v) is 17.7. The van der Waals surface area contributed by atoms with Crippen molar-refractivity contribution in [1.29, 1.82) is 0 Å². The minimum absolute atomic E-state index is 0.312. The van der Waals surface area contributed by atoms with E-state index in [4.69, 9.17) is 4.42 Å². The lowest BCUT2D eigenvalue weighted by molar-refractivity contribution is -0.131. The van der Waals surface area contributed by atoms with Crippen LogP contribution in [-0.2, 0) is 17.4 Å². The third kappa shape index (κ3) is 2.85. The molecule has 32 heavy (non-hydrogen) atoms. The van der Waals surface area contributed by atoms with Crippen molar-refractivity contribution in [2.24, 2.45) is 7.05 Å². The van der Waals surface area contributed by atoms with Crippen molar-refractivity contribution < 1.29 is 18.8 Å². The van der Waals surface area contributed by atoms with Crippen LogP contribution < -0.4 is 5.32 Å². The first kappa shape index (κ1) is 19.8. The van der Waals surface area contributed by atoms with Gasteiger partial charge in [-0.3, -0.25) is 14.5 Å². The number of nitrogens with one attached hydrogen (secondary N) is 1. The predicted octanol–water partition coefficient (Wildman–Crippen LogP) is 4.09. The van der Waals surface area contributed by atoms with Gasteiger partial charge in [0.2, 0.25) is 0 Å². The van der Waals surface area contributed by atoms with Crippen LogP contribution in [0.15, 0.2) is 77.4 Å². The second-order valence-corrected chi connectivity index (χ2v) is 8.01. The van der Waals surface area contributed by atoms with Crippen LogP contribution >= 0.6 is 0 Å². The van der Waals surface area contributed by atoms with Crippen LogP contribution in [0.2, 0.25) is 0 Å². The normalized spacial score (nSPS) is 18.4. The molecule has 1 aliphatic heterocycles. The molecule has 0 aliphatic carbocycles. The van der Waals surface area contributed by atoms with Gasteiger partial charge >= 0.3 is 6.03 Å². The number of furan rings is 1. The Hall–Kier alpha value is -4.13. The lowest BCUT2D eigenvalue weighted by atomic mass is 9.98. The van der Waals surface area contributed by atoms with E-state index in [1.165, 1.54) is 6.26 Å². The molecule has 7 nitrogen and oxygen atoms in total. The number of para-hydroxylation sites is 1. The van der Waals surface area contributed by atoms with E-state index in [1.54, 1.807) is 19.1 Å². The average molecular weight is 427 g/mol. The molecule has 3 amide bonds. The van der Waals surface area contributed by atoms with E-state index in [2.05, 4.69) is 5.32 Å². The summed E-state index contributed by atoms with van der Waals surface area (Å²) in [7, 11) is 1.91. The maximum atomic E-state index is 13.6. The monoisotopic (exact) mass is 427 g/mol. The molecule has 3 heterocycles. The molecule has 160 valence electrons. The molecule has 1 unspecified atom stereocenters. The van der Waals surface area contributed by atoms with Gasteiger partial charge < -0.3 is 14.3 Å². The minimum atomic E-state index is -1.35. The Morgan fingerprint density at radius 2 is 1.72 bits per heavy atom. The summed E-state index contributed by atoms with van der Waals surface area (Å²) in [6.07, 6.45) is 1.44. The Morgan fingerprint density at radius 3 is 2.44 bits per heavy atom. The van der Waals surface area contributed by atoms with Crippen LogP contribution in [-0.4, -0.2) is 33.7 Å². The third-order valence-corrected chi connectivity index (χ3v) is 6.02. The van der Waals surface area contributed by atoms with Crippen molar-refractivity contribution >= 4 is 28.6 Å². The molecule has 2 aromatic heterocycles. The molecule has 5 rings (SSSR count). The van der Waals surface area contributed by atoms with E-state index in [-0.39, 0.29) is 12.3 Å². The van der Waals surface area contributed by atoms with Crippen molar-refractivity contribution in [3.8, 4) is 11.3 Å². The first-order chi connectivity index (χ1) is 15.4. The summed E-state index contributed by atoms with van der Waals surface area (Å²) in [6.45, 7) is 1.21. The fourth-order valence-electron chi connectivity index (χ4n) is 4.40. The summed E-state index contributed by atoms with van der Waals surface area (Å²) >= 11 is 0. The molecule has 0 spiro atoms. The number of rotatable bonds is 5. The predicted molar refractivity (Wildman–Crippen MR) is 119 cm³/mol. The molecule has 4 aromatic rings. The number of imide groups is 1. The molecule has 0 bridgehead atoms. The minimum Gasteiger partial charge on any atom is -0.466 e. The topological polar surface area (TPSA) is 84.6 Å². The number of aryl methyl sites for hydroxylation is 1. The molecule has 1 atom stereocenters. The lowest BCUT2D eigenvalue weighted by Crippen LogP contribution is -2.41. The molecule has 1 N–H and O–H groups in total. The van der Waals surface area contributed by atoms with Gasteiger partial charge in [0.05, 0.1) is 24.1 Å². The van der Waals surface area contributed by atoms with Gasteiger partial charge in [0.25, 0.3) is 5.91 Å². The highest BCUT2D eigenvalue weighted by molar-refractivity contribution is 6.17. The number of carbonyl (C=O) groups is 3. The van der Waals surface area contributed by atoms with Crippen molar-refractivity contribution in [2.45, 2.75) is 12.5 Å². The third-order valence-electron chi connectivity index (χ3n) is 6.02. The summed E-state index contributed by atoms with van der Waals surface area (Å²) in [5.41, 5.74) is 1.67. The Labute approximate surface area is 184 Å². The molecule has 0 radical (unpaired) electrons. The van der Waals surface area contributed by atoms with Crippen LogP contribution in [0.25, 0.3) is 22.2 Å². The van der Waals surface area contributed by atoms with Gasteiger partial charge in [0.1, 0.15) is 5.76 Å². The van der Waals surface area contributed by atoms with Gasteiger partial charge in [-0.1, -0.05) is 48.5 Å². The number of hydrogen-bond donors (Lipinski definition) is 1. The number of benzene rings is 2. The van der Waals surface area contributed by atoms with E-state index < -0.39 is 17.5 Å². The number of ketones is 1. The Morgan fingerprint density at radius 1 is 1.00 bits per heavy atom. The summed E-state index contributed by atoms with van der Waals surface area (Å²) in [4.78, 5) is 40.4. The summed E-state index contributed by atoms with van der Waals surface area (Å²) in [5, 5.41) is 3.44. The maximum absolute atomic E-state index is 13.6. The second-order valence-electron chi connectivity index (χ2n) is 8.01. The number of nitrogens with zero attached hydrogens (tertiary/aromatic N) is 2. The fraction of sp³-hybridized carbons (Fsp3) is 0.160. The average Bonchev–Trinajstić information content (AvgIpc) is 3.49. The Bertz CT molecular complexity index is 1350. The molecule has 1 saturated heterocycles. The Balaban J connectivity index is 1.57. The highest BCUT2D eigenvalue weighted by atomic mass is 16.3. The van der Waals surface area contributed by atoms with Crippen LogP contribution in [0.3, 0.4) is 0 Å². The molecular formula is C25H21N3O4. The fourth-order valence-corrected chi connectivity index (χ4v) is 4.40. The SMILES string of the molecule is Cn1c(-c2ccccc2)c(C(=O)CN2C(=O)NC(C)(c3ccco3)C2=O)c2ccccc21. The highest BCUT2D eigenvalue weighted by Gasteiger charge is 2.51. The first-order valence-electron chi connectivity index (χ1n) is 10.3.